The zero-order valence-corrected chi connectivity index (χ0v) is 15.1. The quantitative estimate of drug-likeness (QED) is 0.754. The molecular formula is C19H19ClFN3O. The van der Waals surface area contributed by atoms with Crippen molar-refractivity contribution in [1.82, 2.24) is 15.1 Å². The summed E-state index contributed by atoms with van der Waals surface area (Å²) in [5.74, 6) is -0.724. The second-order valence-corrected chi connectivity index (χ2v) is 6.80. The van der Waals surface area contributed by atoms with Crippen molar-refractivity contribution in [2.75, 3.05) is 0 Å². The summed E-state index contributed by atoms with van der Waals surface area (Å²) in [6.07, 6.45) is 0. The lowest BCUT2D eigenvalue weighted by Gasteiger charge is -2.07. The number of carbonyl (C=O) groups excluding carboxylic acids is 1. The molecule has 0 aliphatic heterocycles. The minimum atomic E-state index is -0.404. The van der Waals surface area contributed by atoms with Crippen LogP contribution in [0.25, 0.3) is 10.9 Å². The Hall–Kier alpha value is -2.40. The number of nitrogens with one attached hydrogen (secondary N) is 1. The molecule has 2 aromatic carbocycles. The fourth-order valence-electron chi connectivity index (χ4n) is 2.71. The van der Waals surface area contributed by atoms with Gasteiger partial charge in [0.05, 0.1) is 12.1 Å². The zero-order valence-electron chi connectivity index (χ0n) is 14.3. The fourth-order valence-corrected chi connectivity index (χ4v) is 3.01. The second-order valence-electron chi connectivity index (χ2n) is 6.39. The van der Waals surface area contributed by atoms with E-state index in [2.05, 4.69) is 10.4 Å². The summed E-state index contributed by atoms with van der Waals surface area (Å²) in [4.78, 5) is 12.4. The summed E-state index contributed by atoms with van der Waals surface area (Å²) in [7, 11) is 0. The van der Waals surface area contributed by atoms with E-state index in [1.165, 1.54) is 12.1 Å². The molecule has 0 radical (unpaired) electrons. The molecule has 4 nitrogen and oxygen atoms in total. The summed E-state index contributed by atoms with van der Waals surface area (Å²) >= 11 is 6.31. The van der Waals surface area contributed by atoms with Gasteiger partial charge in [0.2, 0.25) is 0 Å². The Morgan fingerprint density at radius 1 is 1.28 bits per heavy atom. The molecule has 0 saturated heterocycles. The van der Waals surface area contributed by atoms with Gasteiger partial charge in [-0.3, -0.25) is 9.48 Å². The Morgan fingerprint density at radius 3 is 2.72 bits per heavy atom. The number of nitrogens with zero attached hydrogens (tertiary/aromatic N) is 2. The van der Waals surface area contributed by atoms with Crippen LogP contribution in [-0.2, 0) is 6.54 Å². The molecule has 1 aromatic heterocycles. The highest BCUT2D eigenvalue weighted by atomic mass is 35.5. The largest absolute Gasteiger partial charge is 0.348 e. The molecule has 6 heteroatoms. The molecule has 1 N–H and O–H groups in total. The van der Waals surface area contributed by atoms with Gasteiger partial charge in [0.15, 0.2) is 5.69 Å². The molecule has 0 spiro atoms. The Morgan fingerprint density at radius 2 is 2.04 bits per heavy atom. The van der Waals surface area contributed by atoms with Crippen molar-refractivity contribution in [2.24, 2.45) is 0 Å². The van der Waals surface area contributed by atoms with E-state index in [1.807, 2.05) is 39.0 Å². The summed E-state index contributed by atoms with van der Waals surface area (Å²) < 4.78 is 15.4. The van der Waals surface area contributed by atoms with Crippen LogP contribution >= 0.6 is 11.6 Å². The number of amides is 1. The monoisotopic (exact) mass is 359 g/mol. The Kier molecular flexibility index (Phi) is 4.77. The number of hydrogen-bond acceptors (Lipinski definition) is 2. The van der Waals surface area contributed by atoms with E-state index >= 15 is 0 Å². The minimum absolute atomic E-state index is 0.0344. The molecule has 0 unspecified atom stereocenters. The van der Waals surface area contributed by atoms with Crippen LogP contribution < -0.4 is 5.32 Å². The number of hydrogen-bond donors (Lipinski definition) is 1. The summed E-state index contributed by atoms with van der Waals surface area (Å²) in [5.41, 5.74) is 2.85. The van der Waals surface area contributed by atoms with Crippen LogP contribution in [-0.4, -0.2) is 21.7 Å². The molecule has 3 rings (SSSR count). The maximum atomic E-state index is 13.7. The van der Waals surface area contributed by atoms with Gasteiger partial charge in [0.25, 0.3) is 5.91 Å². The first-order valence-electron chi connectivity index (χ1n) is 8.07. The third kappa shape index (κ3) is 3.66. The van der Waals surface area contributed by atoms with Gasteiger partial charge in [-0.15, -0.1) is 0 Å². The van der Waals surface area contributed by atoms with Gasteiger partial charge in [0.1, 0.15) is 5.82 Å². The predicted molar refractivity (Wildman–Crippen MR) is 97.6 cm³/mol. The van der Waals surface area contributed by atoms with Crippen molar-refractivity contribution in [3.8, 4) is 0 Å². The number of fused-ring (bicyclic) bond motifs is 1. The SMILES string of the molecule is Cc1ccc(Cn2nc(C(=O)NC(C)C)c3cc(F)ccc32)c(Cl)c1. The molecule has 0 atom stereocenters. The Labute approximate surface area is 150 Å². The highest BCUT2D eigenvalue weighted by molar-refractivity contribution is 6.31. The highest BCUT2D eigenvalue weighted by Crippen LogP contribution is 2.24. The Bertz CT molecular complexity index is 949. The molecule has 0 bridgehead atoms. The van der Waals surface area contributed by atoms with E-state index in [9.17, 15) is 9.18 Å². The molecule has 130 valence electrons. The number of aromatic nitrogens is 2. The number of aryl methyl sites for hydroxylation is 1. The van der Waals surface area contributed by atoms with Crippen LogP contribution in [0.2, 0.25) is 5.02 Å². The average Bonchev–Trinajstić information content (AvgIpc) is 2.87. The topological polar surface area (TPSA) is 46.9 Å². The molecule has 0 aliphatic carbocycles. The summed E-state index contributed by atoms with van der Waals surface area (Å²) in [6.45, 7) is 6.10. The second kappa shape index (κ2) is 6.84. The number of benzene rings is 2. The van der Waals surface area contributed by atoms with E-state index < -0.39 is 5.82 Å². The lowest BCUT2D eigenvalue weighted by Crippen LogP contribution is -2.30. The molecule has 3 aromatic rings. The van der Waals surface area contributed by atoms with Gasteiger partial charge in [-0.1, -0.05) is 23.7 Å². The third-order valence-electron chi connectivity index (χ3n) is 3.88. The van der Waals surface area contributed by atoms with Gasteiger partial charge < -0.3 is 5.32 Å². The van der Waals surface area contributed by atoms with E-state index in [-0.39, 0.29) is 17.6 Å². The predicted octanol–water partition coefficient (Wildman–Crippen LogP) is 4.32. The van der Waals surface area contributed by atoms with Crippen LogP contribution in [0.4, 0.5) is 4.39 Å². The lowest BCUT2D eigenvalue weighted by atomic mass is 10.1. The first-order valence-corrected chi connectivity index (χ1v) is 8.45. The van der Waals surface area contributed by atoms with Crippen molar-refractivity contribution in [3.63, 3.8) is 0 Å². The smallest absolute Gasteiger partial charge is 0.272 e. The number of halogens is 2. The molecule has 25 heavy (non-hydrogen) atoms. The van der Waals surface area contributed by atoms with Crippen molar-refractivity contribution in [3.05, 3.63) is 64.1 Å². The lowest BCUT2D eigenvalue weighted by molar-refractivity contribution is 0.0939. The standard InChI is InChI=1S/C19H19ClFN3O/c1-11(2)22-19(25)18-15-9-14(21)6-7-17(15)24(23-18)10-13-5-4-12(3)8-16(13)20/h4-9,11H,10H2,1-3H3,(H,22,25). The van der Waals surface area contributed by atoms with E-state index in [0.29, 0.717) is 22.5 Å². The molecule has 1 amide bonds. The average molecular weight is 360 g/mol. The van der Waals surface area contributed by atoms with E-state index in [0.717, 1.165) is 11.1 Å². The highest BCUT2D eigenvalue weighted by Gasteiger charge is 2.19. The van der Waals surface area contributed by atoms with Crippen molar-refractivity contribution in [2.45, 2.75) is 33.4 Å². The van der Waals surface area contributed by atoms with Gasteiger partial charge in [-0.2, -0.15) is 5.10 Å². The normalized spacial score (nSPS) is 11.3. The van der Waals surface area contributed by atoms with E-state index in [1.54, 1.807) is 10.7 Å². The van der Waals surface area contributed by atoms with Crippen molar-refractivity contribution in [1.29, 1.82) is 0 Å². The molecule has 0 saturated carbocycles. The van der Waals surface area contributed by atoms with Crippen LogP contribution in [0.1, 0.15) is 35.5 Å². The molecule has 0 fully saturated rings. The first-order chi connectivity index (χ1) is 11.8. The molecule has 0 aliphatic rings. The summed E-state index contributed by atoms with van der Waals surface area (Å²) in [6, 6.07) is 10.1. The van der Waals surface area contributed by atoms with Crippen LogP contribution in [0, 0.1) is 12.7 Å². The number of carbonyl (C=O) groups is 1. The van der Waals surface area contributed by atoms with Crippen LogP contribution in [0.15, 0.2) is 36.4 Å². The van der Waals surface area contributed by atoms with Crippen LogP contribution in [0.5, 0.6) is 0 Å². The Balaban J connectivity index is 2.07. The number of rotatable bonds is 4. The third-order valence-corrected chi connectivity index (χ3v) is 4.23. The van der Waals surface area contributed by atoms with Crippen LogP contribution in [0.3, 0.4) is 0 Å². The fraction of sp³-hybridized carbons (Fsp3) is 0.263. The zero-order chi connectivity index (χ0) is 18.1. The van der Waals surface area contributed by atoms with Gasteiger partial charge >= 0.3 is 0 Å². The van der Waals surface area contributed by atoms with Gasteiger partial charge in [-0.25, -0.2) is 4.39 Å². The molecular weight excluding hydrogens is 341 g/mol. The maximum Gasteiger partial charge on any atom is 0.272 e. The molecule has 1 heterocycles. The summed E-state index contributed by atoms with van der Waals surface area (Å²) in [5, 5.41) is 8.35. The minimum Gasteiger partial charge on any atom is -0.348 e. The van der Waals surface area contributed by atoms with Crippen molar-refractivity contribution >= 4 is 28.4 Å². The first kappa shape index (κ1) is 17.4. The van der Waals surface area contributed by atoms with Crippen molar-refractivity contribution < 1.29 is 9.18 Å². The van der Waals surface area contributed by atoms with E-state index in [4.69, 9.17) is 11.6 Å². The van der Waals surface area contributed by atoms with Gasteiger partial charge in [0, 0.05) is 16.5 Å². The van der Waals surface area contributed by atoms with Gasteiger partial charge in [-0.05, 0) is 56.2 Å². The maximum absolute atomic E-state index is 13.7.